The number of para-hydroxylation sites is 2. The van der Waals surface area contributed by atoms with Gasteiger partial charge in [-0.25, -0.2) is 4.79 Å². The summed E-state index contributed by atoms with van der Waals surface area (Å²) in [7, 11) is 1.24. The van der Waals surface area contributed by atoms with Crippen molar-refractivity contribution in [3.05, 3.63) is 24.3 Å². The number of hydrogen-bond donors (Lipinski definition) is 1. The summed E-state index contributed by atoms with van der Waals surface area (Å²) in [4.78, 5) is 49.6. The molecule has 1 aliphatic heterocycles. The Morgan fingerprint density at radius 1 is 1.24 bits per heavy atom. The molecule has 0 aliphatic carbocycles. The number of nitrogens with one attached hydrogen (secondary N) is 1. The first-order valence-electron chi connectivity index (χ1n) is 9.36. The standard InChI is InChI=1S/C20H26N2O7/c1-13(2)10-14(20(26)27-3)21-17(23)12-29-19(25)11-22-15-6-4-5-7-16(15)28-9-8-18(22)24/h4-7,13-14H,8-12H2,1-3H3,(H,21,23)/t14-/m0/s1. The van der Waals surface area contributed by atoms with Crippen molar-refractivity contribution in [2.75, 3.05) is 31.8 Å². The van der Waals surface area contributed by atoms with Crippen LogP contribution in [0.15, 0.2) is 24.3 Å². The third kappa shape index (κ3) is 6.48. The van der Waals surface area contributed by atoms with Gasteiger partial charge in [0, 0.05) is 0 Å². The van der Waals surface area contributed by atoms with E-state index in [1.54, 1.807) is 24.3 Å². The van der Waals surface area contributed by atoms with Crippen LogP contribution in [0.25, 0.3) is 0 Å². The third-order valence-electron chi connectivity index (χ3n) is 4.21. The Bertz CT molecular complexity index is 763. The second-order valence-electron chi connectivity index (χ2n) is 6.98. The molecule has 158 valence electrons. The third-order valence-corrected chi connectivity index (χ3v) is 4.21. The van der Waals surface area contributed by atoms with E-state index >= 15 is 0 Å². The molecule has 2 amide bonds. The molecule has 1 heterocycles. The lowest BCUT2D eigenvalue weighted by Crippen LogP contribution is -2.44. The molecule has 1 aromatic rings. The molecule has 29 heavy (non-hydrogen) atoms. The first-order chi connectivity index (χ1) is 13.8. The zero-order valence-electron chi connectivity index (χ0n) is 16.8. The van der Waals surface area contributed by atoms with Crippen molar-refractivity contribution in [2.24, 2.45) is 5.92 Å². The van der Waals surface area contributed by atoms with E-state index in [-0.39, 0.29) is 31.4 Å². The largest absolute Gasteiger partial charge is 0.491 e. The summed E-state index contributed by atoms with van der Waals surface area (Å²) >= 11 is 0. The van der Waals surface area contributed by atoms with Gasteiger partial charge in [0.1, 0.15) is 18.3 Å². The van der Waals surface area contributed by atoms with Crippen molar-refractivity contribution in [3.63, 3.8) is 0 Å². The Balaban J connectivity index is 1.92. The molecule has 0 saturated carbocycles. The summed E-state index contributed by atoms with van der Waals surface area (Å²) in [6, 6.07) is 6.06. The monoisotopic (exact) mass is 406 g/mol. The van der Waals surface area contributed by atoms with Gasteiger partial charge in [-0.05, 0) is 24.5 Å². The smallest absolute Gasteiger partial charge is 0.328 e. The summed E-state index contributed by atoms with van der Waals surface area (Å²) in [6.45, 7) is 3.11. The normalized spacial score (nSPS) is 14.3. The van der Waals surface area contributed by atoms with Crippen LogP contribution in [0.2, 0.25) is 0 Å². The van der Waals surface area contributed by atoms with E-state index in [2.05, 4.69) is 10.1 Å². The lowest BCUT2D eigenvalue weighted by atomic mass is 10.0. The molecule has 1 aromatic carbocycles. The number of amides is 2. The van der Waals surface area contributed by atoms with Gasteiger partial charge in [-0.15, -0.1) is 0 Å². The van der Waals surface area contributed by atoms with Crippen LogP contribution in [-0.4, -0.2) is 56.7 Å². The molecule has 0 unspecified atom stereocenters. The number of nitrogens with zero attached hydrogens (tertiary/aromatic N) is 1. The van der Waals surface area contributed by atoms with Gasteiger partial charge >= 0.3 is 11.9 Å². The first kappa shape index (κ1) is 22.2. The van der Waals surface area contributed by atoms with Crippen molar-refractivity contribution in [2.45, 2.75) is 32.7 Å². The Kier molecular flexibility index (Phi) is 7.99. The fourth-order valence-corrected chi connectivity index (χ4v) is 2.88. The van der Waals surface area contributed by atoms with Crippen LogP contribution >= 0.6 is 0 Å². The van der Waals surface area contributed by atoms with Crippen LogP contribution in [0, 0.1) is 5.92 Å². The van der Waals surface area contributed by atoms with Crippen molar-refractivity contribution < 1.29 is 33.4 Å². The van der Waals surface area contributed by atoms with E-state index in [4.69, 9.17) is 9.47 Å². The van der Waals surface area contributed by atoms with Gasteiger partial charge < -0.3 is 19.5 Å². The minimum atomic E-state index is -0.817. The topological polar surface area (TPSA) is 111 Å². The van der Waals surface area contributed by atoms with Crippen molar-refractivity contribution in [1.29, 1.82) is 0 Å². The van der Waals surface area contributed by atoms with Gasteiger partial charge in [0.05, 0.1) is 25.8 Å². The van der Waals surface area contributed by atoms with Gasteiger partial charge in [-0.1, -0.05) is 26.0 Å². The van der Waals surface area contributed by atoms with Crippen LogP contribution in [0.5, 0.6) is 5.75 Å². The lowest BCUT2D eigenvalue weighted by molar-refractivity contribution is -0.150. The number of fused-ring (bicyclic) bond motifs is 1. The van der Waals surface area contributed by atoms with Gasteiger partial charge in [-0.2, -0.15) is 0 Å². The number of hydrogen-bond acceptors (Lipinski definition) is 7. The fourth-order valence-electron chi connectivity index (χ4n) is 2.88. The Morgan fingerprint density at radius 2 is 1.97 bits per heavy atom. The lowest BCUT2D eigenvalue weighted by Gasteiger charge is -2.21. The number of benzene rings is 1. The van der Waals surface area contributed by atoms with Crippen LogP contribution in [0.4, 0.5) is 5.69 Å². The summed E-state index contributed by atoms with van der Waals surface area (Å²) in [6.07, 6.45) is 0.518. The van der Waals surface area contributed by atoms with E-state index in [1.807, 2.05) is 13.8 Å². The number of ether oxygens (including phenoxy) is 3. The molecule has 1 aliphatic rings. The average Bonchev–Trinajstić information content (AvgIpc) is 2.84. The molecule has 1 N–H and O–H groups in total. The van der Waals surface area contributed by atoms with E-state index in [1.165, 1.54) is 12.0 Å². The van der Waals surface area contributed by atoms with E-state index in [0.29, 0.717) is 17.9 Å². The molecule has 0 spiro atoms. The maximum atomic E-state index is 12.3. The number of rotatable bonds is 8. The number of esters is 2. The first-order valence-corrected chi connectivity index (χ1v) is 9.36. The Hall–Kier alpha value is -3.10. The van der Waals surface area contributed by atoms with E-state index in [0.717, 1.165) is 0 Å². The molecule has 0 saturated heterocycles. The van der Waals surface area contributed by atoms with Gasteiger partial charge in [-0.3, -0.25) is 19.3 Å². The second kappa shape index (κ2) is 10.4. The quantitative estimate of drug-likeness (QED) is 0.642. The summed E-state index contributed by atoms with van der Waals surface area (Å²) in [5, 5.41) is 2.50. The van der Waals surface area contributed by atoms with Crippen LogP contribution in [0.3, 0.4) is 0 Å². The minimum absolute atomic E-state index is 0.123. The van der Waals surface area contributed by atoms with Crippen molar-refractivity contribution >= 4 is 29.4 Å². The molecule has 0 fully saturated rings. The Morgan fingerprint density at radius 3 is 2.66 bits per heavy atom. The van der Waals surface area contributed by atoms with E-state index in [9.17, 15) is 19.2 Å². The highest BCUT2D eigenvalue weighted by atomic mass is 16.5. The molecule has 0 radical (unpaired) electrons. The van der Waals surface area contributed by atoms with Crippen LogP contribution < -0.4 is 15.0 Å². The predicted octanol–water partition coefficient (Wildman–Crippen LogP) is 1.05. The molecule has 9 heteroatoms. The number of carbonyl (C=O) groups excluding carboxylic acids is 4. The van der Waals surface area contributed by atoms with Gasteiger partial charge in [0.25, 0.3) is 5.91 Å². The summed E-state index contributed by atoms with van der Waals surface area (Å²) in [5.41, 5.74) is 0.471. The maximum absolute atomic E-state index is 12.3. The number of methoxy groups -OCH3 is 1. The summed E-state index contributed by atoms with van der Waals surface area (Å²) < 4.78 is 15.2. The van der Waals surface area contributed by atoms with Crippen LogP contribution in [0.1, 0.15) is 26.7 Å². The minimum Gasteiger partial charge on any atom is -0.491 e. The van der Waals surface area contributed by atoms with Crippen molar-refractivity contribution in [3.8, 4) is 5.75 Å². The van der Waals surface area contributed by atoms with Gasteiger partial charge in [0.15, 0.2) is 6.61 Å². The van der Waals surface area contributed by atoms with Gasteiger partial charge in [0.2, 0.25) is 5.91 Å². The van der Waals surface area contributed by atoms with Crippen LogP contribution in [-0.2, 0) is 28.7 Å². The zero-order valence-corrected chi connectivity index (χ0v) is 16.8. The highest BCUT2D eigenvalue weighted by molar-refractivity contribution is 5.99. The zero-order chi connectivity index (χ0) is 21.4. The van der Waals surface area contributed by atoms with Crippen molar-refractivity contribution in [1.82, 2.24) is 5.32 Å². The second-order valence-corrected chi connectivity index (χ2v) is 6.98. The highest BCUT2D eigenvalue weighted by Gasteiger charge is 2.27. The fraction of sp³-hybridized carbons (Fsp3) is 0.500. The molecule has 1 atom stereocenters. The number of carbonyl (C=O) groups is 4. The highest BCUT2D eigenvalue weighted by Crippen LogP contribution is 2.30. The molecule has 0 bridgehead atoms. The molecule has 2 rings (SSSR count). The average molecular weight is 406 g/mol. The maximum Gasteiger partial charge on any atom is 0.328 e. The van der Waals surface area contributed by atoms with E-state index < -0.39 is 30.5 Å². The summed E-state index contributed by atoms with van der Waals surface area (Å²) in [5.74, 6) is -1.56. The SMILES string of the molecule is COC(=O)[C@H](CC(C)C)NC(=O)COC(=O)CN1C(=O)CCOc2ccccc21. The Labute approximate surface area is 169 Å². The predicted molar refractivity (Wildman–Crippen MR) is 103 cm³/mol. The molecule has 0 aromatic heterocycles. The molecular formula is C20H26N2O7. The number of anilines is 1. The molecule has 9 nitrogen and oxygen atoms in total. The molecular weight excluding hydrogens is 380 g/mol.